The fourth-order valence-electron chi connectivity index (χ4n) is 8.32. The van der Waals surface area contributed by atoms with Gasteiger partial charge in [-0.15, -0.1) is 22.7 Å². The summed E-state index contributed by atoms with van der Waals surface area (Å²) >= 11 is 3.71. The van der Waals surface area contributed by atoms with Crippen LogP contribution >= 0.6 is 22.7 Å². The molecule has 0 fully saturated rings. The summed E-state index contributed by atoms with van der Waals surface area (Å²) in [6.45, 7) is 0. The van der Waals surface area contributed by atoms with Gasteiger partial charge in [0, 0.05) is 52.5 Å². The van der Waals surface area contributed by atoms with Crippen molar-refractivity contribution in [3.8, 4) is 23.0 Å². The minimum Gasteiger partial charge on any atom is -0.292 e. The van der Waals surface area contributed by atoms with Crippen molar-refractivity contribution in [1.82, 2.24) is 19.1 Å². The van der Waals surface area contributed by atoms with Gasteiger partial charge in [0.25, 0.3) is 0 Å². The molecule has 6 heteroatoms. The number of pyridine rings is 2. The van der Waals surface area contributed by atoms with Gasteiger partial charge in [0.05, 0.1) is 42.9 Å². The predicted molar refractivity (Wildman–Crippen MR) is 222 cm³/mol. The number of nitrogens with zero attached hydrogens (tertiary/aromatic N) is 4. The minimum atomic E-state index is 0.835. The summed E-state index contributed by atoms with van der Waals surface area (Å²) in [7, 11) is 0. The van der Waals surface area contributed by atoms with Crippen molar-refractivity contribution < 1.29 is 0 Å². The van der Waals surface area contributed by atoms with E-state index in [0.717, 1.165) is 34.1 Å². The van der Waals surface area contributed by atoms with Gasteiger partial charge in [0.15, 0.2) is 0 Å². The van der Waals surface area contributed by atoms with Crippen LogP contribution in [0.2, 0.25) is 0 Å². The Hall–Kier alpha value is -6.34. The Morgan fingerprint density at radius 3 is 1.21 bits per heavy atom. The highest BCUT2D eigenvalue weighted by molar-refractivity contribution is 7.27. The van der Waals surface area contributed by atoms with Crippen LogP contribution in [0.5, 0.6) is 0 Å². The van der Waals surface area contributed by atoms with Crippen LogP contribution in [0.4, 0.5) is 0 Å². The summed E-state index contributed by atoms with van der Waals surface area (Å²) in [5, 5.41) is 10.1. The number of aromatic nitrogens is 4. The molecular weight excluding hydrogens is 673 g/mol. The topological polar surface area (TPSA) is 35.6 Å². The van der Waals surface area contributed by atoms with Crippen molar-refractivity contribution in [3.63, 3.8) is 0 Å². The van der Waals surface area contributed by atoms with Gasteiger partial charge in [-0.3, -0.25) is 9.13 Å². The highest BCUT2D eigenvalue weighted by atomic mass is 32.1. The molecule has 0 aliphatic heterocycles. The van der Waals surface area contributed by atoms with Crippen LogP contribution in [0.15, 0.2) is 158 Å². The Morgan fingerprint density at radius 2 is 0.731 bits per heavy atom. The molecule has 12 rings (SSSR count). The molecule has 12 aromatic rings. The zero-order valence-electron chi connectivity index (χ0n) is 27.6. The highest BCUT2D eigenvalue weighted by Crippen LogP contribution is 2.44. The van der Waals surface area contributed by atoms with Gasteiger partial charge in [-0.2, -0.15) is 0 Å². The van der Waals surface area contributed by atoms with Gasteiger partial charge in [-0.25, -0.2) is 9.97 Å². The average Bonchev–Trinajstić information content (AvgIpc) is 3.95. The maximum atomic E-state index is 5.37. The van der Waals surface area contributed by atoms with E-state index in [2.05, 4.69) is 167 Å². The van der Waals surface area contributed by atoms with Crippen molar-refractivity contribution in [1.29, 1.82) is 0 Å². The van der Waals surface area contributed by atoms with Crippen LogP contribution in [0, 0.1) is 0 Å². The van der Waals surface area contributed by atoms with Gasteiger partial charge in [0.1, 0.15) is 11.6 Å². The lowest BCUT2D eigenvalue weighted by molar-refractivity contribution is 1.06. The van der Waals surface area contributed by atoms with Crippen LogP contribution in [0.25, 0.3) is 107 Å². The zero-order chi connectivity index (χ0) is 33.9. The van der Waals surface area contributed by atoms with E-state index in [0.29, 0.717) is 0 Å². The van der Waals surface area contributed by atoms with Gasteiger partial charge >= 0.3 is 0 Å². The molecule has 0 radical (unpaired) electrons. The number of para-hydroxylation sites is 2. The first-order valence-electron chi connectivity index (χ1n) is 17.4. The van der Waals surface area contributed by atoms with E-state index < -0.39 is 0 Å². The van der Waals surface area contributed by atoms with Gasteiger partial charge in [-0.05, 0) is 48.5 Å². The summed E-state index contributed by atoms with van der Waals surface area (Å²) in [5.41, 5.74) is 6.36. The molecule has 0 saturated heterocycles. The minimum absolute atomic E-state index is 0.835. The molecule has 0 aliphatic carbocycles. The fraction of sp³-hybridized carbons (Fsp3) is 0. The third kappa shape index (κ3) is 3.85. The van der Waals surface area contributed by atoms with E-state index in [9.17, 15) is 0 Å². The molecule has 242 valence electrons. The van der Waals surface area contributed by atoms with Crippen LogP contribution in [0.3, 0.4) is 0 Å². The van der Waals surface area contributed by atoms with Crippen molar-refractivity contribution in [2.75, 3.05) is 0 Å². The van der Waals surface area contributed by atoms with Gasteiger partial charge < -0.3 is 0 Å². The number of hydrogen-bond acceptors (Lipinski definition) is 4. The summed E-state index contributed by atoms with van der Waals surface area (Å²) in [6.07, 6.45) is 0. The van der Waals surface area contributed by atoms with Gasteiger partial charge in [-0.1, -0.05) is 109 Å². The van der Waals surface area contributed by atoms with E-state index in [-0.39, 0.29) is 0 Å². The first-order chi connectivity index (χ1) is 25.8. The summed E-state index contributed by atoms with van der Waals surface area (Å²) in [6, 6.07) is 56.5. The standard InChI is InChI=1S/C46H26N4S2/c1-5-17-37-27(11-1)31-23-25-33-29-13-3-7-19-39(29)51-45(33)43(31)49(37)41-21-9-15-35(47-41)36-16-10-22-42(48-36)50-38-18-6-2-12-28(38)32-24-26-34-30-14-4-8-20-40(30)52-46(34)44(32)50/h1-26H. The average molecular weight is 699 g/mol. The fourth-order valence-corrected chi connectivity index (χ4v) is 10.8. The third-order valence-corrected chi connectivity index (χ3v) is 12.9. The van der Waals surface area contributed by atoms with Crippen molar-refractivity contribution in [3.05, 3.63) is 158 Å². The second kappa shape index (κ2) is 10.6. The zero-order valence-corrected chi connectivity index (χ0v) is 29.2. The van der Waals surface area contributed by atoms with E-state index in [1.807, 2.05) is 22.7 Å². The van der Waals surface area contributed by atoms with E-state index >= 15 is 0 Å². The largest absolute Gasteiger partial charge is 0.292 e. The SMILES string of the molecule is c1cc(-c2cccc(-n3c4ccccc4c4ccc5c6ccccc6sc5c43)n2)nc(-n2c3ccccc3c3ccc4c5ccccc5sc4c32)c1. The second-order valence-electron chi connectivity index (χ2n) is 13.3. The lowest BCUT2D eigenvalue weighted by atomic mass is 10.1. The summed E-state index contributed by atoms with van der Waals surface area (Å²) in [5.74, 6) is 1.76. The van der Waals surface area contributed by atoms with E-state index in [4.69, 9.17) is 9.97 Å². The number of benzene rings is 6. The number of fused-ring (bicyclic) bond motifs is 14. The first-order valence-corrected chi connectivity index (χ1v) is 19.1. The monoisotopic (exact) mass is 698 g/mol. The molecular formula is C46H26N4S2. The summed E-state index contributed by atoms with van der Waals surface area (Å²) in [4.78, 5) is 10.7. The van der Waals surface area contributed by atoms with E-state index in [1.54, 1.807) is 0 Å². The molecule has 0 amide bonds. The molecule has 6 heterocycles. The first kappa shape index (κ1) is 28.4. The van der Waals surface area contributed by atoms with Crippen molar-refractivity contribution in [2.45, 2.75) is 0 Å². The second-order valence-corrected chi connectivity index (χ2v) is 15.4. The molecule has 4 nitrogen and oxygen atoms in total. The van der Waals surface area contributed by atoms with Crippen LogP contribution < -0.4 is 0 Å². The van der Waals surface area contributed by atoms with E-state index in [1.165, 1.54) is 72.9 Å². The lowest BCUT2D eigenvalue weighted by Gasteiger charge is -2.11. The third-order valence-electron chi connectivity index (χ3n) is 10.5. The highest BCUT2D eigenvalue weighted by Gasteiger charge is 2.21. The lowest BCUT2D eigenvalue weighted by Crippen LogP contribution is -2.01. The quantitative estimate of drug-likeness (QED) is 0.184. The smallest absolute Gasteiger partial charge is 0.138 e. The Kier molecular flexibility index (Phi) is 5.78. The molecule has 0 bridgehead atoms. The van der Waals surface area contributed by atoms with Crippen molar-refractivity contribution in [2.24, 2.45) is 0 Å². The Labute approximate surface area is 305 Å². The van der Waals surface area contributed by atoms with Gasteiger partial charge in [0.2, 0.25) is 0 Å². The Morgan fingerprint density at radius 1 is 0.327 bits per heavy atom. The Balaban J connectivity index is 1.09. The number of thiophene rings is 2. The molecule has 0 saturated carbocycles. The Bertz CT molecular complexity index is 3200. The maximum Gasteiger partial charge on any atom is 0.138 e. The maximum absolute atomic E-state index is 5.37. The molecule has 0 unspecified atom stereocenters. The molecule has 0 N–H and O–H groups in total. The summed E-state index contributed by atoms with van der Waals surface area (Å²) < 4.78 is 9.84. The molecule has 6 aromatic heterocycles. The van der Waals surface area contributed by atoms with Crippen LogP contribution in [-0.2, 0) is 0 Å². The van der Waals surface area contributed by atoms with Crippen molar-refractivity contribution >= 4 is 107 Å². The normalized spacial score (nSPS) is 12.2. The molecule has 0 aliphatic rings. The predicted octanol–water partition coefficient (Wildman–Crippen LogP) is 13.1. The molecule has 0 atom stereocenters. The van der Waals surface area contributed by atoms with Crippen LogP contribution in [-0.4, -0.2) is 19.1 Å². The number of rotatable bonds is 3. The molecule has 0 spiro atoms. The van der Waals surface area contributed by atoms with Crippen LogP contribution in [0.1, 0.15) is 0 Å². The molecule has 6 aromatic carbocycles. The number of hydrogen-bond donors (Lipinski definition) is 0. The molecule has 52 heavy (non-hydrogen) atoms.